The van der Waals surface area contributed by atoms with E-state index in [1.54, 1.807) is 0 Å². The summed E-state index contributed by atoms with van der Waals surface area (Å²) < 4.78 is 24.8. The Balaban J connectivity index is 3.41. The highest BCUT2D eigenvalue weighted by Crippen LogP contribution is 2.30. The average molecular weight is 255 g/mol. The molecule has 3 N–H and O–H groups in total. The molecule has 0 saturated heterocycles. The Hall–Kier alpha value is -0.490. The van der Waals surface area contributed by atoms with Crippen molar-refractivity contribution in [3.05, 3.63) is 22.2 Å². The summed E-state index contributed by atoms with van der Waals surface area (Å²) in [7, 11) is -2.24. The van der Waals surface area contributed by atoms with Gasteiger partial charge in [0.15, 0.2) is 0 Å². The smallest absolute Gasteiger partial charge is 0.240 e. The fourth-order valence-corrected chi connectivity index (χ4v) is 2.23. The Labute approximate surface area is 92.1 Å². The quantitative estimate of drug-likeness (QED) is 0.786. The van der Waals surface area contributed by atoms with Crippen LogP contribution in [0.4, 0.5) is 5.69 Å². The summed E-state index contributed by atoms with van der Waals surface area (Å²) in [5.41, 5.74) is 5.63. The molecule has 14 heavy (non-hydrogen) atoms. The molecule has 0 saturated carbocycles. The van der Waals surface area contributed by atoms with Crippen molar-refractivity contribution in [1.29, 1.82) is 0 Å². The van der Waals surface area contributed by atoms with Gasteiger partial charge in [-0.1, -0.05) is 23.2 Å². The molecule has 0 aromatic heterocycles. The zero-order valence-electron chi connectivity index (χ0n) is 7.21. The van der Waals surface area contributed by atoms with Crippen LogP contribution in [0.15, 0.2) is 17.0 Å². The SMILES string of the molecule is CNS(=O)(=O)c1cc(Cl)c(N)c(Cl)c1. The van der Waals surface area contributed by atoms with E-state index in [1.165, 1.54) is 19.2 Å². The largest absolute Gasteiger partial charge is 0.396 e. The van der Waals surface area contributed by atoms with Crippen LogP contribution in [0.25, 0.3) is 0 Å². The minimum atomic E-state index is -3.53. The standard InChI is InChI=1S/C7H8Cl2N2O2S/c1-11-14(12,13)4-2-5(8)7(10)6(9)3-4/h2-3,11H,10H2,1H3. The monoisotopic (exact) mass is 254 g/mol. The third-order valence-corrected chi connectivity index (χ3v) is 3.65. The van der Waals surface area contributed by atoms with E-state index in [4.69, 9.17) is 28.9 Å². The summed E-state index contributed by atoms with van der Waals surface area (Å²) in [6.07, 6.45) is 0. The molecule has 4 nitrogen and oxygen atoms in total. The number of sulfonamides is 1. The molecule has 0 aliphatic heterocycles. The van der Waals surface area contributed by atoms with E-state index in [9.17, 15) is 8.42 Å². The van der Waals surface area contributed by atoms with Crippen molar-refractivity contribution >= 4 is 38.9 Å². The van der Waals surface area contributed by atoms with E-state index in [-0.39, 0.29) is 20.6 Å². The second-order valence-electron chi connectivity index (χ2n) is 2.51. The van der Waals surface area contributed by atoms with Crippen molar-refractivity contribution in [3.8, 4) is 0 Å². The van der Waals surface area contributed by atoms with E-state index in [1.807, 2.05) is 0 Å². The van der Waals surface area contributed by atoms with Crippen molar-refractivity contribution in [2.75, 3.05) is 12.8 Å². The van der Waals surface area contributed by atoms with Gasteiger partial charge >= 0.3 is 0 Å². The summed E-state index contributed by atoms with van der Waals surface area (Å²) in [6.45, 7) is 0. The maximum Gasteiger partial charge on any atom is 0.240 e. The molecule has 0 bridgehead atoms. The number of anilines is 1. The van der Waals surface area contributed by atoms with Gasteiger partial charge in [0.1, 0.15) is 0 Å². The van der Waals surface area contributed by atoms with Crippen molar-refractivity contribution in [2.24, 2.45) is 0 Å². The normalized spacial score (nSPS) is 11.6. The summed E-state index contributed by atoms with van der Waals surface area (Å²) in [5.74, 6) is 0. The summed E-state index contributed by atoms with van der Waals surface area (Å²) in [4.78, 5) is -0.01000. The van der Waals surface area contributed by atoms with Gasteiger partial charge in [-0.3, -0.25) is 0 Å². The minimum absolute atomic E-state index is 0.01000. The fraction of sp³-hybridized carbons (Fsp3) is 0.143. The number of nitrogens with one attached hydrogen (secondary N) is 1. The first-order valence-electron chi connectivity index (χ1n) is 3.56. The van der Waals surface area contributed by atoms with Crippen LogP contribution in [0, 0.1) is 0 Å². The van der Waals surface area contributed by atoms with Gasteiger partial charge in [0.05, 0.1) is 20.6 Å². The first-order valence-corrected chi connectivity index (χ1v) is 5.80. The number of benzene rings is 1. The maximum atomic E-state index is 11.3. The first-order chi connectivity index (χ1) is 6.38. The van der Waals surface area contributed by atoms with Crippen LogP contribution in [-0.2, 0) is 10.0 Å². The molecule has 0 heterocycles. The summed E-state index contributed by atoms with van der Waals surface area (Å²) in [5, 5.41) is 0.234. The Morgan fingerprint density at radius 2 is 1.71 bits per heavy atom. The molecule has 0 atom stereocenters. The molecule has 0 spiro atoms. The molecule has 1 aromatic carbocycles. The van der Waals surface area contributed by atoms with E-state index >= 15 is 0 Å². The first kappa shape index (κ1) is 11.6. The van der Waals surface area contributed by atoms with Gasteiger partial charge in [-0.05, 0) is 19.2 Å². The molecule has 0 fully saturated rings. The summed E-state index contributed by atoms with van der Waals surface area (Å²) in [6, 6.07) is 2.49. The lowest BCUT2D eigenvalue weighted by molar-refractivity contribution is 0.588. The van der Waals surface area contributed by atoms with Gasteiger partial charge in [-0.25, -0.2) is 13.1 Å². The zero-order chi connectivity index (χ0) is 10.9. The maximum absolute atomic E-state index is 11.3. The van der Waals surface area contributed by atoms with Crippen LogP contribution < -0.4 is 10.5 Å². The molecule has 0 radical (unpaired) electrons. The van der Waals surface area contributed by atoms with Gasteiger partial charge in [-0.2, -0.15) is 0 Å². The lowest BCUT2D eigenvalue weighted by atomic mass is 10.3. The predicted octanol–water partition coefficient (Wildman–Crippen LogP) is 1.48. The number of rotatable bonds is 2. The highest BCUT2D eigenvalue weighted by atomic mass is 35.5. The predicted molar refractivity (Wildman–Crippen MR) is 57.1 cm³/mol. The van der Waals surface area contributed by atoms with Crippen LogP contribution in [0.1, 0.15) is 0 Å². The van der Waals surface area contributed by atoms with Crippen LogP contribution in [0.3, 0.4) is 0 Å². The second kappa shape index (κ2) is 3.94. The number of nitrogens with two attached hydrogens (primary N) is 1. The molecule has 0 aliphatic rings. The highest BCUT2D eigenvalue weighted by molar-refractivity contribution is 7.89. The number of hydrogen-bond acceptors (Lipinski definition) is 3. The van der Waals surface area contributed by atoms with Gasteiger partial charge < -0.3 is 5.73 Å². The minimum Gasteiger partial charge on any atom is -0.396 e. The number of nitrogen functional groups attached to an aromatic ring is 1. The molecule has 7 heteroatoms. The molecule has 0 aliphatic carbocycles. The van der Waals surface area contributed by atoms with Gasteiger partial charge in [-0.15, -0.1) is 0 Å². The molecule has 1 rings (SSSR count). The highest BCUT2D eigenvalue weighted by Gasteiger charge is 2.15. The Morgan fingerprint density at radius 3 is 2.07 bits per heavy atom. The number of halogens is 2. The van der Waals surface area contributed by atoms with E-state index in [0.29, 0.717) is 0 Å². The van der Waals surface area contributed by atoms with Crippen LogP contribution in [-0.4, -0.2) is 15.5 Å². The topological polar surface area (TPSA) is 72.2 Å². The van der Waals surface area contributed by atoms with Crippen molar-refractivity contribution in [1.82, 2.24) is 4.72 Å². The lowest BCUT2D eigenvalue weighted by Crippen LogP contribution is -2.18. The van der Waals surface area contributed by atoms with Crippen LogP contribution in [0.5, 0.6) is 0 Å². The summed E-state index contributed by atoms with van der Waals surface area (Å²) >= 11 is 11.4. The third kappa shape index (κ3) is 2.12. The van der Waals surface area contributed by atoms with Crippen LogP contribution in [0.2, 0.25) is 10.0 Å². The second-order valence-corrected chi connectivity index (χ2v) is 5.21. The lowest BCUT2D eigenvalue weighted by Gasteiger charge is -2.06. The van der Waals surface area contributed by atoms with Crippen molar-refractivity contribution in [3.63, 3.8) is 0 Å². The Bertz CT molecular complexity index is 436. The van der Waals surface area contributed by atoms with E-state index in [2.05, 4.69) is 4.72 Å². The fourth-order valence-electron chi connectivity index (χ4n) is 0.834. The Morgan fingerprint density at radius 1 is 1.29 bits per heavy atom. The average Bonchev–Trinajstić information content (AvgIpc) is 2.13. The van der Waals surface area contributed by atoms with Crippen molar-refractivity contribution in [2.45, 2.75) is 4.90 Å². The van der Waals surface area contributed by atoms with Crippen molar-refractivity contribution < 1.29 is 8.42 Å². The Kier molecular flexibility index (Phi) is 3.26. The zero-order valence-corrected chi connectivity index (χ0v) is 9.54. The van der Waals surface area contributed by atoms with Gasteiger partial charge in [0.2, 0.25) is 10.0 Å². The molecular formula is C7H8Cl2N2O2S. The van der Waals surface area contributed by atoms with E-state index < -0.39 is 10.0 Å². The van der Waals surface area contributed by atoms with Gasteiger partial charge in [0, 0.05) is 0 Å². The molecule has 0 amide bonds. The molecule has 1 aromatic rings. The van der Waals surface area contributed by atoms with E-state index in [0.717, 1.165) is 0 Å². The van der Waals surface area contributed by atoms with Gasteiger partial charge in [0.25, 0.3) is 0 Å². The molecule has 0 unspecified atom stereocenters. The van der Waals surface area contributed by atoms with Crippen LogP contribution >= 0.6 is 23.2 Å². The number of hydrogen-bond donors (Lipinski definition) is 2. The third-order valence-electron chi connectivity index (χ3n) is 1.63. The molecular weight excluding hydrogens is 247 g/mol. The molecule has 78 valence electrons.